The largest absolute Gasteiger partial charge is 0.370 e. The van der Waals surface area contributed by atoms with Gasteiger partial charge in [-0.1, -0.05) is 0 Å². The van der Waals surface area contributed by atoms with Crippen molar-refractivity contribution in [1.82, 2.24) is 14.8 Å². The minimum atomic E-state index is -0.0452. The van der Waals surface area contributed by atoms with Crippen molar-refractivity contribution < 1.29 is 9.59 Å². The highest BCUT2D eigenvalue weighted by molar-refractivity contribution is 5.92. The van der Waals surface area contributed by atoms with Crippen LogP contribution in [0.5, 0.6) is 0 Å². The molecule has 1 aromatic heterocycles. The topological polar surface area (TPSA) is 56.8 Å². The summed E-state index contributed by atoms with van der Waals surface area (Å²) < 4.78 is 0. The van der Waals surface area contributed by atoms with Gasteiger partial charge in [0.25, 0.3) is 5.91 Å². The molecular formula is C16H22N4O2. The first-order valence-corrected chi connectivity index (χ1v) is 7.91. The van der Waals surface area contributed by atoms with Gasteiger partial charge in [-0.2, -0.15) is 0 Å². The van der Waals surface area contributed by atoms with Gasteiger partial charge < -0.3 is 14.7 Å². The van der Waals surface area contributed by atoms with E-state index in [9.17, 15) is 9.59 Å². The molecule has 0 aliphatic carbocycles. The molecule has 2 fully saturated rings. The summed E-state index contributed by atoms with van der Waals surface area (Å²) in [5.74, 6) is 0.0244. The third kappa shape index (κ3) is 3.05. The number of anilines is 1. The van der Waals surface area contributed by atoms with Crippen LogP contribution >= 0.6 is 0 Å². The smallest absolute Gasteiger partial charge is 0.272 e. The van der Waals surface area contributed by atoms with Crippen molar-refractivity contribution in [3.63, 3.8) is 0 Å². The van der Waals surface area contributed by atoms with E-state index in [4.69, 9.17) is 0 Å². The molecule has 0 aromatic carbocycles. The van der Waals surface area contributed by atoms with E-state index in [-0.39, 0.29) is 11.8 Å². The van der Waals surface area contributed by atoms with Gasteiger partial charge in [-0.3, -0.25) is 9.59 Å². The van der Waals surface area contributed by atoms with Crippen molar-refractivity contribution in [2.75, 3.05) is 44.2 Å². The normalized spacial score (nSPS) is 18.7. The number of piperazine rings is 1. The molecule has 0 radical (unpaired) electrons. The van der Waals surface area contributed by atoms with Crippen LogP contribution in [-0.4, -0.2) is 65.9 Å². The highest BCUT2D eigenvalue weighted by Gasteiger charge is 2.24. The van der Waals surface area contributed by atoms with Gasteiger partial charge in [0, 0.05) is 46.2 Å². The molecule has 2 saturated heterocycles. The van der Waals surface area contributed by atoms with Crippen LogP contribution in [0.3, 0.4) is 0 Å². The maximum atomic E-state index is 12.5. The molecule has 0 unspecified atom stereocenters. The van der Waals surface area contributed by atoms with Crippen LogP contribution < -0.4 is 4.90 Å². The van der Waals surface area contributed by atoms with Gasteiger partial charge in [0.1, 0.15) is 5.69 Å². The van der Waals surface area contributed by atoms with Crippen molar-refractivity contribution in [1.29, 1.82) is 0 Å². The second-order valence-corrected chi connectivity index (χ2v) is 5.89. The number of carbonyl (C=O) groups is 2. The lowest BCUT2D eigenvalue weighted by Gasteiger charge is -2.34. The number of aromatic nitrogens is 1. The summed E-state index contributed by atoms with van der Waals surface area (Å²) in [6.07, 6.45) is 4.24. The number of rotatable bonds is 2. The first-order valence-electron chi connectivity index (χ1n) is 7.91. The van der Waals surface area contributed by atoms with Crippen molar-refractivity contribution in [3.05, 3.63) is 24.0 Å². The summed E-state index contributed by atoms with van der Waals surface area (Å²) in [5, 5.41) is 0. The lowest BCUT2D eigenvalue weighted by molar-refractivity contribution is -0.130. The Balaban J connectivity index is 1.61. The fraction of sp³-hybridized carbons (Fsp3) is 0.562. The van der Waals surface area contributed by atoms with Crippen LogP contribution in [0.25, 0.3) is 0 Å². The molecule has 3 rings (SSSR count). The predicted molar refractivity (Wildman–Crippen MR) is 83.8 cm³/mol. The molecule has 0 bridgehead atoms. The zero-order chi connectivity index (χ0) is 15.5. The summed E-state index contributed by atoms with van der Waals surface area (Å²) in [6.45, 7) is 6.07. The Morgan fingerprint density at radius 1 is 0.955 bits per heavy atom. The minimum Gasteiger partial charge on any atom is -0.370 e. The van der Waals surface area contributed by atoms with Gasteiger partial charge in [-0.05, 0) is 25.0 Å². The summed E-state index contributed by atoms with van der Waals surface area (Å²) in [5.41, 5.74) is 1.58. The van der Waals surface area contributed by atoms with Gasteiger partial charge >= 0.3 is 0 Å². The third-order valence-electron chi connectivity index (χ3n) is 4.45. The van der Waals surface area contributed by atoms with E-state index in [1.54, 1.807) is 22.9 Å². The fourth-order valence-corrected chi connectivity index (χ4v) is 3.06. The lowest BCUT2D eigenvalue weighted by Crippen LogP contribution is -2.50. The number of hydrogen-bond donors (Lipinski definition) is 0. The van der Waals surface area contributed by atoms with Crippen LogP contribution in [0, 0.1) is 0 Å². The molecule has 22 heavy (non-hydrogen) atoms. The highest BCUT2D eigenvalue weighted by atomic mass is 16.2. The zero-order valence-corrected chi connectivity index (χ0v) is 13.0. The zero-order valence-electron chi connectivity index (χ0n) is 13.0. The van der Waals surface area contributed by atoms with E-state index < -0.39 is 0 Å². The van der Waals surface area contributed by atoms with E-state index in [1.807, 2.05) is 12.1 Å². The molecule has 2 aliphatic heterocycles. The Bertz CT molecular complexity index is 544. The standard InChI is InChI=1S/C16H22N4O2/c1-13(21)18-8-10-20(11-9-18)16(22)15-5-4-14(12-17-15)19-6-2-3-7-19/h4-5,12H,2-3,6-11H2,1H3. The maximum absolute atomic E-state index is 12.5. The van der Waals surface area contributed by atoms with Crippen LogP contribution in [0.15, 0.2) is 18.3 Å². The van der Waals surface area contributed by atoms with Crippen LogP contribution in [0.1, 0.15) is 30.3 Å². The van der Waals surface area contributed by atoms with Crippen molar-refractivity contribution >= 4 is 17.5 Å². The number of pyridine rings is 1. The minimum absolute atomic E-state index is 0.0452. The van der Waals surface area contributed by atoms with Gasteiger partial charge in [0.05, 0.1) is 11.9 Å². The van der Waals surface area contributed by atoms with E-state index >= 15 is 0 Å². The number of hydrogen-bond acceptors (Lipinski definition) is 4. The van der Waals surface area contributed by atoms with Gasteiger partial charge in [-0.25, -0.2) is 4.98 Å². The predicted octanol–water partition coefficient (Wildman–Crippen LogP) is 0.986. The van der Waals surface area contributed by atoms with Gasteiger partial charge in [0.2, 0.25) is 5.91 Å². The van der Waals surface area contributed by atoms with Crippen molar-refractivity contribution in [2.45, 2.75) is 19.8 Å². The van der Waals surface area contributed by atoms with Crippen LogP contribution in [0.4, 0.5) is 5.69 Å². The van der Waals surface area contributed by atoms with E-state index in [0.717, 1.165) is 18.8 Å². The maximum Gasteiger partial charge on any atom is 0.272 e. The average Bonchev–Trinajstić information content (AvgIpc) is 3.09. The van der Waals surface area contributed by atoms with Crippen molar-refractivity contribution in [3.8, 4) is 0 Å². The Morgan fingerprint density at radius 2 is 1.59 bits per heavy atom. The van der Waals surface area contributed by atoms with Crippen molar-refractivity contribution in [2.24, 2.45) is 0 Å². The monoisotopic (exact) mass is 302 g/mol. The molecule has 0 spiro atoms. The number of amides is 2. The van der Waals surface area contributed by atoms with E-state index in [0.29, 0.717) is 31.9 Å². The number of carbonyl (C=O) groups excluding carboxylic acids is 2. The molecule has 0 N–H and O–H groups in total. The van der Waals surface area contributed by atoms with E-state index in [1.165, 1.54) is 12.8 Å². The molecule has 0 saturated carbocycles. The Kier molecular flexibility index (Phi) is 4.27. The Hall–Kier alpha value is -2.11. The summed E-state index contributed by atoms with van der Waals surface area (Å²) in [4.78, 5) is 34.0. The Labute approximate surface area is 130 Å². The molecule has 1 aromatic rings. The molecule has 3 heterocycles. The molecule has 118 valence electrons. The van der Waals surface area contributed by atoms with Gasteiger partial charge in [0.15, 0.2) is 0 Å². The first-order chi connectivity index (χ1) is 10.6. The second-order valence-electron chi connectivity index (χ2n) is 5.89. The summed E-state index contributed by atoms with van der Waals surface area (Å²) in [7, 11) is 0. The summed E-state index contributed by atoms with van der Waals surface area (Å²) >= 11 is 0. The van der Waals surface area contributed by atoms with E-state index in [2.05, 4.69) is 9.88 Å². The molecular weight excluding hydrogens is 280 g/mol. The Morgan fingerprint density at radius 3 is 2.14 bits per heavy atom. The fourth-order valence-electron chi connectivity index (χ4n) is 3.06. The highest BCUT2D eigenvalue weighted by Crippen LogP contribution is 2.19. The van der Waals surface area contributed by atoms with Crippen LogP contribution in [0.2, 0.25) is 0 Å². The average molecular weight is 302 g/mol. The molecule has 0 atom stereocenters. The molecule has 2 amide bonds. The summed E-state index contributed by atoms with van der Waals surface area (Å²) in [6, 6.07) is 3.80. The first kappa shape index (κ1) is 14.8. The lowest BCUT2D eigenvalue weighted by atomic mass is 10.2. The molecule has 6 heteroatoms. The SMILES string of the molecule is CC(=O)N1CCN(C(=O)c2ccc(N3CCCC3)cn2)CC1. The van der Waals surface area contributed by atoms with Gasteiger partial charge in [-0.15, -0.1) is 0 Å². The van der Waals surface area contributed by atoms with Crippen LogP contribution in [-0.2, 0) is 4.79 Å². The number of nitrogens with zero attached hydrogens (tertiary/aromatic N) is 4. The molecule has 2 aliphatic rings. The quantitative estimate of drug-likeness (QED) is 0.817. The second kappa shape index (κ2) is 6.34. The molecule has 6 nitrogen and oxygen atoms in total. The third-order valence-corrected chi connectivity index (χ3v) is 4.45.